The van der Waals surface area contributed by atoms with Crippen molar-refractivity contribution in [1.29, 1.82) is 0 Å². The summed E-state index contributed by atoms with van der Waals surface area (Å²) in [5.74, 6) is 0.209. The number of benzene rings is 2. The molecule has 158 valence electrons. The molecule has 0 saturated carbocycles. The van der Waals surface area contributed by atoms with Gasteiger partial charge in [0.1, 0.15) is 5.82 Å². The lowest BCUT2D eigenvalue weighted by Gasteiger charge is -2.38. The van der Waals surface area contributed by atoms with Crippen LogP contribution in [0.5, 0.6) is 0 Å². The van der Waals surface area contributed by atoms with Crippen LogP contribution in [-0.4, -0.2) is 47.8 Å². The average molecular weight is 409 g/mol. The first-order chi connectivity index (χ1) is 14.6. The highest BCUT2D eigenvalue weighted by molar-refractivity contribution is 5.94. The van der Waals surface area contributed by atoms with Gasteiger partial charge in [0.15, 0.2) is 0 Å². The molecule has 4 nitrogen and oxygen atoms in total. The molecule has 0 N–H and O–H groups in total. The molecule has 0 aromatic heterocycles. The Kier molecular flexibility index (Phi) is 6.46. The highest BCUT2D eigenvalue weighted by atomic mass is 19.1. The maximum absolute atomic E-state index is 13.1. The monoisotopic (exact) mass is 408 g/mol. The van der Waals surface area contributed by atoms with Crippen molar-refractivity contribution in [2.75, 3.05) is 26.2 Å². The second-order valence-corrected chi connectivity index (χ2v) is 8.56. The molecule has 1 atom stereocenters. The first kappa shape index (κ1) is 20.6. The van der Waals surface area contributed by atoms with Crippen LogP contribution in [0.4, 0.5) is 4.39 Å². The van der Waals surface area contributed by atoms with Crippen molar-refractivity contribution in [2.45, 2.75) is 32.1 Å². The molecule has 4 rings (SSSR count). The van der Waals surface area contributed by atoms with Gasteiger partial charge in [-0.25, -0.2) is 4.39 Å². The number of nitrogens with zero attached hydrogens (tertiary/aromatic N) is 2. The van der Waals surface area contributed by atoms with Gasteiger partial charge >= 0.3 is 0 Å². The number of likely N-dealkylation sites (tertiary alicyclic amines) is 2. The van der Waals surface area contributed by atoms with Crippen molar-refractivity contribution in [3.8, 4) is 0 Å². The van der Waals surface area contributed by atoms with Gasteiger partial charge in [-0.15, -0.1) is 0 Å². The third-order valence-electron chi connectivity index (χ3n) is 6.44. The Morgan fingerprint density at radius 1 is 0.867 bits per heavy atom. The number of hydrogen-bond donors (Lipinski definition) is 0. The smallest absolute Gasteiger partial charge is 0.253 e. The van der Waals surface area contributed by atoms with E-state index in [1.807, 2.05) is 11.0 Å². The Bertz CT molecular complexity index is 860. The highest BCUT2D eigenvalue weighted by Crippen LogP contribution is 2.26. The summed E-state index contributed by atoms with van der Waals surface area (Å²) in [6.07, 6.45) is 4.80. The lowest BCUT2D eigenvalue weighted by Crippen LogP contribution is -2.48. The summed E-state index contributed by atoms with van der Waals surface area (Å²) in [6.45, 7) is 2.72. The number of piperidine rings is 2. The molecule has 2 aliphatic heterocycles. The summed E-state index contributed by atoms with van der Waals surface area (Å²) < 4.78 is 13.1. The Morgan fingerprint density at radius 2 is 1.57 bits per heavy atom. The van der Waals surface area contributed by atoms with Crippen LogP contribution in [0.15, 0.2) is 54.6 Å². The molecular formula is C25H29FN2O2. The van der Waals surface area contributed by atoms with Crippen LogP contribution in [0.3, 0.4) is 0 Å². The van der Waals surface area contributed by atoms with Gasteiger partial charge in [0.25, 0.3) is 5.91 Å². The quantitative estimate of drug-likeness (QED) is 0.762. The van der Waals surface area contributed by atoms with Crippen LogP contribution in [0.1, 0.15) is 41.6 Å². The van der Waals surface area contributed by atoms with E-state index in [4.69, 9.17) is 0 Å². The Balaban J connectivity index is 1.30. The minimum atomic E-state index is -0.353. The zero-order valence-electron chi connectivity index (χ0n) is 17.3. The molecule has 0 radical (unpaired) electrons. The highest BCUT2D eigenvalue weighted by Gasteiger charge is 2.33. The molecule has 5 heteroatoms. The van der Waals surface area contributed by atoms with Crippen LogP contribution in [0.2, 0.25) is 0 Å². The maximum Gasteiger partial charge on any atom is 0.253 e. The Hall–Kier alpha value is -2.69. The van der Waals surface area contributed by atoms with E-state index in [0.717, 1.165) is 45.2 Å². The molecule has 0 spiro atoms. The maximum atomic E-state index is 13.1. The van der Waals surface area contributed by atoms with Gasteiger partial charge in [0.2, 0.25) is 5.91 Å². The van der Waals surface area contributed by atoms with Gasteiger partial charge in [-0.05, 0) is 67.9 Å². The van der Waals surface area contributed by atoms with Gasteiger partial charge in [0.05, 0.1) is 5.92 Å². The Labute approximate surface area is 177 Å². The fourth-order valence-corrected chi connectivity index (χ4v) is 4.70. The summed E-state index contributed by atoms with van der Waals surface area (Å²) in [4.78, 5) is 29.6. The molecule has 0 aliphatic carbocycles. The number of amides is 2. The zero-order valence-corrected chi connectivity index (χ0v) is 17.3. The van der Waals surface area contributed by atoms with E-state index in [0.29, 0.717) is 24.6 Å². The van der Waals surface area contributed by atoms with Gasteiger partial charge in [-0.3, -0.25) is 9.59 Å². The molecule has 2 aromatic rings. The van der Waals surface area contributed by atoms with Crippen molar-refractivity contribution in [3.05, 3.63) is 71.5 Å². The van der Waals surface area contributed by atoms with E-state index in [1.165, 1.54) is 29.8 Å². The summed E-state index contributed by atoms with van der Waals surface area (Å²) in [6, 6.07) is 16.2. The van der Waals surface area contributed by atoms with Crippen LogP contribution in [0.25, 0.3) is 0 Å². The molecule has 2 amide bonds. The van der Waals surface area contributed by atoms with Crippen molar-refractivity contribution in [1.82, 2.24) is 9.80 Å². The fourth-order valence-electron chi connectivity index (χ4n) is 4.70. The summed E-state index contributed by atoms with van der Waals surface area (Å²) in [5.41, 5.74) is 1.84. The van der Waals surface area contributed by atoms with E-state index < -0.39 is 0 Å². The number of hydrogen-bond acceptors (Lipinski definition) is 2. The van der Waals surface area contributed by atoms with E-state index >= 15 is 0 Å². The van der Waals surface area contributed by atoms with Gasteiger partial charge < -0.3 is 9.80 Å². The normalized spacial score (nSPS) is 20.2. The third-order valence-corrected chi connectivity index (χ3v) is 6.44. The fraction of sp³-hybridized carbons (Fsp3) is 0.440. The molecule has 2 aliphatic rings. The van der Waals surface area contributed by atoms with Gasteiger partial charge in [0, 0.05) is 31.7 Å². The van der Waals surface area contributed by atoms with Gasteiger partial charge in [-0.1, -0.05) is 30.3 Å². The molecular weight excluding hydrogens is 379 g/mol. The van der Waals surface area contributed by atoms with Crippen molar-refractivity contribution >= 4 is 11.8 Å². The minimum absolute atomic E-state index is 0.117. The molecule has 2 heterocycles. The van der Waals surface area contributed by atoms with Gasteiger partial charge in [-0.2, -0.15) is 0 Å². The van der Waals surface area contributed by atoms with Crippen LogP contribution in [-0.2, 0) is 11.2 Å². The van der Waals surface area contributed by atoms with Crippen molar-refractivity contribution in [3.63, 3.8) is 0 Å². The predicted molar refractivity (Wildman–Crippen MR) is 114 cm³/mol. The Morgan fingerprint density at radius 3 is 2.27 bits per heavy atom. The molecule has 30 heavy (non-hydrogen) atoms. The largest absolute Gasteiger partial charge is 0.342 e. The zero-order chi connectivity index (χ0) is 20.9. The molecule has 2 aromatic carbocycles. The summed E-state index contributed by atoms with van der Waals surface area (Å²) in [5, 5.41) is 0. The van der Waals surface area contributed by atoms with Crippen LogP contribution < -0.4 is 0 Å². The SMILES string of the molecule is O=C(c1ccc(F)cc1)N1CCC[C@H](C(=O)N2CCC(Cc3ccccc3)CC2)C1. The summed E-state index contributed by atoms with van der Waals surface area (Å²) in [7, 11) is 0. The van der Waals surface area contributed by atoms with E-state index in [1.54, 1.807) is 4.90 Å². The van der Waals surface area contributed by atoms with E-state index in [-0.39, 0.29) is 23.5 Å². The topological polar surface area (TPSA) is 40.6 Å². The molecule has 0 unspecified atom stereocenters. The molecule has 2 saturated heterocycles. The van der Waals surface area contributed by atoms with Crippen LogP contribution in [0, 0.1) is 17.7 Å². The van der Waals surface area contributed by atoms with Crippen molar-refractivity contribution in [2.24, 2.45) is 11.8 Å². The van der Waals surface area contributed by atoms with E-state index in [9.17, 15) is 14.0 Å². The average Bonchev–Trinajstić information content (AvgIpc) is 2.80. The second kappa shape index (κ2) is 9.41. The van der Waals surface area contributed by atoms with E-state index in [2.05, 4.69) is 24.3 Å². The first-order valence-electron chi connectivity index (χ1n) is 11.0. The van der Waals surface area contributed by atoms with Crippen LogP contribution >= 0.6 is 0 Å². The lowest BCUT2D eigenvalue weighted by atomic mass is 9.89. The molecule has 2 fully saturated rings. The standard InChI is InChI=1S/C25H29FN2O2/c26-23-10-8-21(9-11-23)24(29)28-14-4-7-22(18-28)25(30)27-15-12-20(13-16-27)17-19-5-2-1-3-6-19/h1-3,5-6,8-11,20,22H,4,7,12-18H2/t22-/m0/s1. The number of rotatable bonds is 4. The van der Waals surface area contributed by atoms with Crippen molar-refractivity contribution < 1.29 is 14.0 Å². The predicted octanol–water partition coefficient (Wildman–Crippen LogP) is 4.16. The lowest BCUT2D eigenvalue weighted by molar-refractivity contribution is -0.138. The minimum Gasteiger partial charge on any atom is -0.342 e. The second-order valence-electron chi connectivity index (χ2n) is 8.56. The number of carbonyl (C=O) groups excluding carboxylic acids is 2. The third kappa shape index (κ3) is 4.89. The number of halogens is 1. The first-order valence-corrected chi connectivity index (χ1v) is 11.0. The molecule has 0 bridgehead atoms. The summed E-state index contributed by atoms with van der Waals surface area (Å²) >= 11 is 0. The number of carbonyl (C=O) groups is 2.